The molecule has 0 aliphatic carbocycles. The van der Waals surface area contributed by atoms with Crippen LogP contribution in [0.15, 0.2) is 18.2 Å². The van der Waals surface area contributed by atoms with E-state index in [9.17, 15) is 22.8 Å². The Balaban J connectivity index is 2.46. The molecule has 20 heavy (non-hydrogen) atoms. The van der Waals surface area contributed by atoms with Crippen molar-refractivity contribution < 1.29 is 27.9 Å². The highest BCUT2D eigenvalue weighted by Crippen LogP contribution is 2.37. The second kappa shape index (κ2) is 5.03. The van der Waals surface area contributed by atoms with Crippen molar-refractivity contribution in [2.24, 2.45) is 0 Å². The Labute approximate surface area is 112 Å². The van der Waals surface area contributed by atoms with Crippen molar-refractivity contribution in [3.63, 3.8) is 0 Å². The molecule has 1 aliphatic heterocycles. The van der Waals surface area contributed by atoms with E-state index in [4.69, 9.17) is 5.11 Å². The highest BCUT2D eigenvalue weighted by Gasteiger charge is 2.36. The fourth-order valence-corrected chi connectivity index (χ4v) is 2.02. The average Bonchev–Trinajstić information content (AvgIpc) is 2.37. The van der Waals surface area contributed by atoms with Gasteiger partial charge in [0, 0.05) is 18.8 Å². The minimum atomic E-state index is -4.69. The first-order chi connectivity index (χ1) is 9.29. The van der Waals surface area contributed by atoms with Gasteiger partial charge in [0.05, 0.1) is 17.7 Å². The molecule has 2 rings (SSSR count). The molecule has 2 N–H and O–H groups in total. The van der Waals surface area contributed by atoms with Gasteiger partial charge in [-0.05, 0) is 18.2 Å². The zero-order valence-electron chi connectivity index (χ0n) is 10.2. The number of benzene rings is 1. The molecule has 0 atom stereocenters. The lowest BCUT2D eigenvalue weighted by Crippen LogP contribution is -2.48. The van der Waals surface area contributed by atoms with Gasteiger partial charge in [0.15, 0.2) is 0 Å². The number of aromatic carboxylic acids is 1. The number of carboxylic acids is 1. The minimum absolute atomic E-state index is 0.183. The van der Waals surface area contributed by atoms with E-state index in [-0.39, 0.29) is 31.2 Å². The zero-order chi connectivity index (χ0) is 14.9. The summed E-state index contributed by atoms with van der Waals surface area (Å²) >= 11 is 0. The van der Waals surface area contributed by atoms with Crippen LogP contribution in [0, 0.1) is 0 Å². The molecule has 1 aromatic carbocycles. The van der Waals surface area contributed by atoms with Crippen LogP contribution in [-0.4, -0.2) is 36.6 Å². The highest BCUT2D eigenvalue weighted by atomic mass is 19.4. The van der Waals surface area contributed by atoms with Crippen molar-refractivity contribution in [1.29, 1.82) is 0 Å². The molecule has 5 nitrogen and oxygen atoms in total. The summed E-state index contributed by atoms with van der Waals surface area (Å²) in [5, 5.41) is 11.3. The van der Waals surface area contributed by atoms with E-state index in [1.807, 2.05) is 0 Å². The molecule has 1 fully saturated rings. The number of alkyl halides is 3. The lowest BCUT2D eigenvalue weighted by atomic mass is 10.1. The summed E-state index contributed by atoms with van der Waals surface area (Å²) in [6.07, 6.45) is -4.69. The summed E-state index contributed by atoms with van der Waals surface area (Å²) in [5.41, 5.74) is -1.67. The monoisotopic (exact) mass is 288 g/mol. The zero-order valence-corrected chi connectivity index (χ0v) is 10.2. The summed E-state index contributed by atoms with van der Waals surface area (Å²) in [5.74, 6) is -1.80. The van der Waals surface area contributed by atoms with Gasteiger partial charge in [-0.15, -0.1) is 0 Å². The van der Waals surface area contributed by atoms with Gasteiger partial charge in [-0.2, -0.15) is 13.2 Å². The number of piperazine rings is 1. The quantitative estimate of drug-likeness (QED) is 0.861. The van der Waals surface area contributed by atoms with E-state index >= 15 is 0 Å². The standard InChI is InChI=1S/C12H11F3N2O3/c13-12(14,15)8-5-7(11(19)20)1-2-9(8)17-4-3-16-10(18)6-17/h1-2,5H,3-4,6H2,(H,16,18)(H,19,20). The normalized spacial score (nSPS) is 15.9. The Bertz CT molecular complexity index is 557. The van der Waals surface area contributed by atoms with E-state index in [1.54, 1.807) is 0 Å². The Morgan fingerprint density at radius 2 is 2.05 bits per heavy atom. The van der Waals surface area contributed by atoms with Crippen LogP contribution >= 0.6 is 0 Å². The molecule has 0 radical (unpaired) electrons. The predicted molar refractivity (Wildman–Crippen MR) is 63.6 cm³/mol. The lowest BCUT2D eigenvalue weighted by Gasteiger charge is -2.30. The Morgan fingerprint density at radius 3 is 2.60 bits per heavy atom. The highest BCUT2D eigenvalue weighted by molar-refractivity contribution is 5.89. The van der Waals surface area contributed by atoms with Gasteiger partial charge in [-0.3, -0.25) is 4.79 Å². The maximum Gasteiger partial charge on any atom is 0.418 e. The van der Waals surface area contributed by atoms with E-state index in [0.29, 0.717) is 6.07 Å². The van der Waals surface area contributed by atoms with Crippen molar-refractivity contribution in [2.75, 3.05) is 24.5 Å². The molecular formula is C12H11F3N2O3. The summed E-state index contributed by atoms with van der Waals surface area (Å²) < 4.78 is 39.1. The van der Waals surface area contributed by atoms with Gasteiger partial charge in [0.1, 0.15) is 0 Å². The molecule has 1 saturated heterocycles. The van der Waals surface area contributed by atoms with E-state index in [1.165, 1.54) is 4.90 Å². The first kappa shape index (κ1) is 14.2. The molecule has 108 valence electrons. The summed E-state index contributed by atoms with van der Waals surface area (Å²) in [6.45, 7) is 0.299. The second-order valence-electron chi connectivity index (χ2n) is 4.31. The van der Waals surface area contributed by atoms with E-state index in [0.717, 1.165) is 12.1 Å². The van der Waals surface area contributed by atoms with Crippen molar-refractivity contribution >= 4 is 17.6 Å². The first-order valence-corrected chi connectivity index (χ1v) is 5.75. The van der Waals surface area contributed by atoms with Crippen LogP contribution < -0.4 is 10.2 Å². The van der Waals surface area contributed by atoms with Crippen LogP contribution in [0.5, 0.6) is 0 Å². The predicted octanol–water partition coefficient (Wildman–Crippen LogP) is 1.34. The van der Waals surface area contributed by atoms with Gasteiger partial charge in [-0.1, -0.05) is 0 Å². The summed E-state index contributed by atoms with van der Waals surface area (Å²) in [4.78, 5) is 23.3. The van der Waals surface area contributed by atoms with Crippen molar-refractivity contribution in [3.05, 3.63) is 29.3 Å². The van der Waals surface area contributed by atoms with Crippen LogP contribution in [0.1, 0.15) is 15.9 Å². The summed E-state index contributed by atoms with van der Waals surface area (Å²) in [7, 11) is 0. The molecule has 1 aromatic rings. The number of amides is 1. The average molecular weight is 288 g/mol. The molecule has 8 heteroatoms. The smallest absolute Gasteiger partial charge is 0.418 e. The fourth-order valence-electron chi connectivity index (χ4n) is 2.02. The molecule has 0 saturated carbocycles. The number of hydrogen-bond acceptors (Lipinski definition) is 3. The molecule has 0 bridgehead atoms. The van der Waals surface area contributed by atoms with Crippen LogP contribution in [0.4, 0.5) is 18.9 Å². The lowest BCUT2D eigenvalue weighted by molar-refractivity contribution is -0.137. The molecule has 0 aromatic heterocycles. The maximum absolute atomic E-state index is 13.0. The molecule has 0 spiro atoms. The van der Waals surface area contributed by atoms with Crippen molar-refractivity contribution in [2.45, 2.75) is 6.18 Å². The molecular weight excluding hydrogens is 277 g/mol. The maximum atomic E-state index is 13.0. The van der Waals surface area contributed by atoms with Gasteiger partial charge < -0.3 is 15.3 Å². The molecule has 1 aliphatic rings. The molecule has 1 heterocycles. The van der Waals surface area contributed by atoms with Crippen molar-refractivity contribution in [1.82, 2.24) is 5.32 Å². The SMILES string of the molecule is O=C1CN(c2ccc(C(=O)O)cc2C(F)(F)F)CCN1. The molecule has 1 amide bonds. The van der Waals surface area contributed by atoms with Gasteiger partial charge in [0.2, 0.25) is 5.91 Å². The number of halogens is 3. The topological polar surface area (TPSA) is 69.6 Å². The molecule has 0 unspecified atom stereocenters. The Kier molecular flexibility index (Phi) is 3.56. The van der Waals surface area contributed by atoms with Crippen LogP contribution in [0.3, 0.4) is 0 Å². The second-order valence-corrected chi connectivity index (χ2v) is 4.31. The number of nitrogens with one attached hydrogen (secondary N) is 1. The fraction of sp³-hybridized carbons (Fsp3) is 0.333. The number of carbonyl (C=O) groups excluding carboxylic acids is 1. The number of carboxylic acid groups (broad SMARTS) is 1. The third-order valence-corrected chi connectivity index (χ3v) is 2.93. The van der Waals surface area contributed by atoms with E-state index in [2.05, 4.69) is 5.32 Å². The number of rotatable bonds is 2. The number of nitrogens with zero attached hydrogens (tertiary/aromatic N) is 1. The number of carbonyl (C=O) groups is 2. The van der Waals surface area contributed by atoms with Gasteiger partial charge in [-0.25, -0.2) is 4.79 Å². The van der Waals surface area contributed by atoms with Crippen LogP contribution in [-0.2, 0) is 11.0 Å². The Morgan fingerprint density at radius 1 is 1.35 bits per heavy atom. The summed E-state index contributed by atoms with van der Waals surface area (Å²) in [6, 6.07) is 2.77. The third kappa shape index (κ3) is 2.84. The van der Waals surface area contributed by atoms with Gasteiger partial charge in [0.25, 0.3) is 0 Å². The van der Waals surface area contributed by atoms with Crippen LogP contribution in [0.2, 0.25) is 0 Å². The first-order valence-electron chi connectivity index (χ1n) is 5.75. The van der Waals surface area contributed by atoms with Gasteiger partial charge >= 0.3 is 12.1 Å². The largest absolute Gasteiger partial charge is 0.478 e. The van der Waals surface area contributed by atoms with E-state index < -0.39 is 23.3 Å². The minimum Gasteiger partial charge on any atom is -0.478 e. The Hall–Kier alpha value is -2.25. The van der Waals surface area contributed by atoms with Crippen LogP contribution in [0.25, 0.3) is 0 Å². The number of anilines is 1. The third-order valence-electron chi connectivity index (χ3n) is 2.93. The van der Waals surface area contributed by atoms with Crippen molar-refractivity contribution in [3.8, 4) is 0 Å². The number of hydrogen-bond donors (Lipinski definition) is 2.